The number of aliphatic hydroxyl groups excluding tert-OH is 1. The Morgan fingerprint density at radius 3 is 2.71 bits per heavy atom. The molecule has 0 spiro atoms. The molecular formula is C22H27N5O3Si. The SMILES string of the molecule is C[SiH](C)CCOCn1nccc1-c1ccc(Oc2ccc3c(cnn3CCO)c2)nc1. The Morgan fingerprint density at radius 2 is 1.94 bits per heavy atom. The second-order valence-electron chi connectivity index (χ2n) is 7.73. The van der Waals surface area contributed by atoms with Gasteiger partial charge in [-0.2, -0.15) is 10.2 Å². The third-order valence-corrected chi connectivity index (χ3v) is 6.34. The first-order valence-electron chi connectivity index (χ1n) is 10.4. The Morgan fingerprint density at radius 1 is 1.03 bits per heavy atom. The third-order valence-electron chi connectivity index (χ3n) is 4.95. The zero-order chi connectivity index (χ0) is 21.6. The first-order chi connectivity index (χ1) is 15.1. The van der Waals surface area contributed by atoms with Crippen LogP contribution in [0.1, 0.15) is 0 Å². The molecule has 0 radical (unpaired) electrons. The fourth-order valence-corrected chi connectivity index (χ4v) is 3.90. The van der Waals surface area contributed by atoms with Gasteiger partial charge in [0.05, 0.1) is 30.6 Å². The van der Waals surface area contributed by atoms with Crippen molar-refractivity contribution in [2.45, 2.75) is 32.4 Å². The van der Waals surface area contributed by atoms with Crippen molar-refractivity contribution in [3.8, 4) is 22.9 Å². The summed E-state index contributed by atoms with van der Waals surface area (Å²) in [6.07, 6.45) is 5.31. The standard InChI is InChI=1S/C22H27N5O3Si/c1-31(2)12-11-29-16-27-21(7-8-24-27)17-3-6-22(23-14-17)30-19-4-5-20-18(13-19)15-25-26(20)9-10-28/h3-8,13-15,28,31H,9-12,16H2,1-2H3. The van der Waals surface area contributed by atoms with Crippen molar-refractivity contribution >= 4 is 19.7 Å². The zero-order valence-corrected chi connectivity index (χ0v) is 19.0. The molecule has 0 unspecified atom stereocenters. The van der Waals surface area contributed by atoms with Crippen LogP contribution in [0.4, 0.5) is 0 Å². The van der Waals surface area contributed by atoms with Crippen LogP contribution in [0.15, 0.2) is 55.0 Å². The number of benzene rings is 1. The lowest BCUT2D eigenvalue weighted by molar-refractivity contribution is 0.0801. The number of ether oxygens (including phenoxy) is 2. The van der Waals surface area contributed by atoms with Crippen LogP contribution in [0, 0.1) is 0 Å². The topological polar surface area (TPSA) is 87.2 Å². The average molecular weight is 438 g/mol. The van der Waals surface area contributed by atoms with E-state index in [-0.39, 0.29) is 6.61 Å². The van der Waals surface area contributed by atoms with Gasteiger partial charge in [-0.1, -0.05) is 13.1 Å². The summed E-state index contributed by atoms with van der Waals surface area (Å²) in [7, 11) is -0.598. The molecule has 0 fully saturated rings. The van der Waals surface area contributed by atoms with Crippen LogP contribution in [0.3, 0.4) is 0 Å². The molecule has 0 saturated carbocycles. The van der Waals surface area contributed by atoms with Crippen LogP contribution >= 0.6 is 0 Å². The molecule has 0 aliphatic carbocycles. The van der Waals surface area contributed by atoms with Gasteiger partial charge < -0.3 is 14.6 Å². The summed E-state index contributed by atoms with van der Waals surface area (Å²) in [6, 6.07) is 12.7. The summed E-state index contributed by atoms with van der Waals surface area (Å²) in [5.41, 5.74) is 2.86. The second kappa shape index (κ2) is 9.86. The molecule has 162 valence electrons. The molecule has 0 saturated heterocycles. The number of aromatic nitrogens is 5. The lowest BCUT2D eigenvalue weighted by atomic mass is 10.2. The molecular weight excluding hydrogens is 410 g/mol. The summed E-state index contributed by atoms with van der Waals surface area (Å²) in [4.78, 5) is 4.45. The molecule has 1 aromatic carbocycles. The molecule has 9 heteroatoms. The van der Waals surface area contributed by atoms with Crippen LogP contribution < -0.4 is 4.74 Å². The molecule has 1 N–H and O–H groups in total. The molecule has 4 rings (SSSR count). The van der Waals surface area contributed by atoms with E-state index in [9.17, 15) is 0 Å². The fraction of sp³-hybridized carbons (Fsp3) is 0.318. The van der Waals surface area contributed by atoms with Gasteiger partial charge in [0, 0.05) is 44.8 Å². The number of aliphatic hydroxyl groups is 1. The fourth-order valence-electron chi connectivity index (χ4n) is 3.27. The molecule has 4 aromatic rings. The Balaban J connectivity index is 1.42. The molecule has 0 amide bonds. The summed E-state index contributed by atoms with van der Waals surface area (Å²) < 4.78 is 15.3. The number of rotatable bonds is 10. The predicted octanol–water partition coefficient (Wildman–Crippen LogP) is 3.54. The van der Waals surface area contributed by atoms with E-state index < -0.39 is 8.80 Å². The van der Waals surface area contributed by atoms with Crippen molar-refractivity contribution in [1.29, 1.82) is 0 Å². The minimum absolute atomic E-state index is 0.0514. The van der Waals surface area contributed by atoms with Crippen LogP contribution in [0.5, 0.6) is 11.6 Å². The minimum atomic E-state index is -0.598. The van der Waals surface area contributed by atoms with E-state index in [4.69, 9.17) is 14.6 Å². The lowest BCUT2D eigenvalue weighted by Crippen LogP contribution is -2.10. The quantitative estimate of drug-likeness (QED) is 0.302. The van der Waals surface area contributed by atoms with Crippen LogP contribution in [-0.4, -0.2) is 51.7 Å². The van der Waals surface area contributed by atoms with E-state index in [1.807, 2.05) is 41.1 Å². The lowest BCUT2D eigenvalue weighted by Gasteiger charge is -2.10. The second-order valence-corrected chi connectivity index (χ2v) is 11.1. The van der Waals surface area contributed by atoms with Gasteiger partial charge in [-0.25, -0.2) is 9.67 Å². The molecule has 8 nitrogen and oxygen atoms in total. The first kappa shape index (κ1) is 21.2. The first-order valence-corrected chi connectivity index (χ1v) is 13.6. The van der Waals surface area contributed by atoms with Crippen molar-refractivity contribution in [2.75, 3.05) is 13.2 Å². The largest absolute Gasteiger partial charge is 0.439 e. The number of hydrogen-bond acceptors (Lipinski definition) is 6. The monoisotopic (exact) mass is 437 g/mol. The van der Waals surface area contributed by atoms with Gasteiger partial charge in [-0.3, -0.25) is 4.68 Å². The summed E-state index contributed by atoms with van der Waals surface area (Å²) in [5, 5.41) is 18.7. The van der Waals surface area contributed by atoms with E-state index in [0.717, 1.165) is 34.8 Å². The maximum Gasteiger partial charge on any atom is 0.219 e. The minimum Gasteiger partial charge on any atom is -0.439 e. The maximum absolute atomic E-state index is 9.12. The number of nitrogens with zero attached hydrogens (tertiary/aromatic N) is 5. The Kier molecular flexibility index (Phi) is 6.75. The highest BCUT2D eigenvalue weighted by atomic mass is 28.3. The normalized spacial score (nSPS) is 11.5. The average Bonchev–Trinajstić information content (AvgIpc) is 3.39. The maximum atomic E-state index is 9.12. The smallest absolute Gasteiger partial charge is 0.219 e. The Hall–Kier alpha value is -3.01. The van der Waals surface area contributed by atoms with Crippen molar-refractivity contribution in [2.24, 2.45) is 0 Å². The molecule has 0 aliphatic heterocycles. The van der Waals surface area contributed by atoms with Gasteiger partial charge in [-0.15, -0.1) is 0 Å². The molecule has 0 bridgehead atoms. The van der Waals surface area contributed by atoms with Gasteiger partial charge in [0.1, 0.15) is 12.5 Å². The molecule has 3 aromatic heterocycles. The third kappa shape index (κ3) is 5.19. The van der Waals surface area contributed by atoms with Crippen LogP contribution in [-0.2, 0) is 18.0 Å². The van der Waals surface area contributed by atoms with E-state index in [0.29, 0.717) is 24.9 Å². The van der Waals surface area contributed by atoms with Gasteiger partial charge in [0.15, 0.2) is 0 Å². The van der Waals surface area contributed by atoms with Crippen molar-refractivity contribution in [3.63, 3.8) is 0 Å². The van der Waals surface area contributed by atoms with E-state index in [1.165, 1.54) is 0 Å². The molecule has 31 heavy (non-hydrogen) atoms. The predicted molar refractivity (Wildman–Crippen MR) is 122 cm³/mol. The highest BCUT2D eigenvalue weighted by Crippen LogP contribution is 2.26. The summed E-state index contributed by atoms with van der Waals surface area (Å²) >= 11 is 0. The Labute approximate surface area is 182 Å². The molecule has 0 atom stereocenters. The van der Waals surface area contributed by atoms with Gasteiger partial charge >= 0.3 is 0 Å². The van der Waals surface area contributed by atoms with E-state index in [2.05, 4.69) is 28.3 Å². The van der Waals surface area contributed by atoms with Gasteiger partial charge in [0.25, 0.3) is 0 Å². The van der Waals surface area contributed by atoms with E-state index >= 15 is 0 Å². The highest BCUT2D eigenvalue weighted by molar-refractivity contribution is 6.55. The summed E-state index contributed by atoms with van der Waals surface area (Å²) in [6.45, 7) is 6.37. The Bertz CT molecular complexity index is 1120. The number of pyridine rings is 1. The zero-order valence-electron chi connectivity index (χ0n) is 17.8. The molecule has 0 aliphatic rings. The van der Waals surface area contributed by atoms with Crippen molar-refractivity contribution in [3.05, 3.63) is 55.0 Å². The highest BCUT2D eigenvalue weighted by Gasteiger charge is 2.09. The van der Waals surface area contributed by atoms with Crippen LogP contribution in [0.2, 0.25) is 19.1 Å². The van der Waals surface area contributed by atoms with Crippen LogP contribution in [0.25, 0.3) is 22.2 Å². The number of fused-ring (bicyclic) bond motifs is 1. The van der Waals surface area contributed by atoms with E-state index in [1.54, 1.807) is 23.3 Å². The van der Waals surface area contributed by atoms with Gasteiger partial charge in [-0.05, 0) is 36.4 Å². The van der Waals surface area contributed by atoms with Gasteiger partial charge in [0.2, 0.25) is 5.88 Å². The summed E-state index contributed by atoms with van der Waals surface area (Å²) in [5.74, 6) is 1.19. The van der Waals surface area contributed by atoms with Crippen molar-refractivity contribution in [1.82, 2.24) is 24.5 Å². The van der Waals surface area contributed by atoms with Crippen molar-refractivity contribution < 1.29 is 14.6 Å². The number of hydrogen-bond donors (Lipinski definition) is 1. The molecule has 3 heterocycles.